The molecule has 2 heterocycles. The zero-order valence-electron chi connectivity index (χ0n) is 23.7. The Bertz CT molecular complexity index is 833. The summed E-state index contributed by atoms with van der Waals surface area (Å²) >= 11 is 0. The average molecular weight is 519 g/mol. The molecule has 2 aliphatic heterocycles. The van der Waals surface area contributed by atoms with Crippen molar-refractivity contribution in [3.63, 3.8) is 0 Å². The molecule has 0 radical (unpaired) electrons. The van der Waals surface area contributed by atoms with Gasteiger partial charge >= 0.3 is 5.97 Å². The number of esters is 1. The lowest BCUT2D eigenvalue weighted by Crippen LogP contribution is -2.29. The van der Waals surface area contributed by atoms with Crippen LogP contribution in [0.4, 0.5) is 0 Å². The van der Waals surface area contributed by atoms with Crippen molar-refractivity contribution in [2.45, 2.75) is 111 Å². The van der Waals surface area contributed by atoms with Crippen LogP contribution in [0, 0.1) is 23.7 Å². The van der Waals surface area contributed by atoms with Gasteiger partial charge in [0.1, 0.15) is 6.10 Å². The lowest BCUT2D eigenvalue weighted by atomic mass is 9.89. The Kier molecular flexibility index (Phi) is 13.1. The summed E-state index contributed by atoms with van der Waals surface area (Å²) in [7, 11) is 0. The molecule has 0 spiro atoms. The predicted octanol–water partition coefficient (Wildman–Crippen LogP) is 6.20. The number of carbonyl (C=O) groups is 1. The number of aliphatic hydroxyl groups excluding tert-OH is 3. The van der Waals surface area contributed by atoms with Gasteiger partial charge in [-0.3, -0.25) is 0 Å². The van der Waals surface area contributed by atoms with Gasteiger partial charge in [-0.15, -0.1) is 0 Å². The molecule has 37 heavy (non-hydrogen) atoms. The van der Waals surface area contributed by atoms with Crippen LogP contribution >= 0.6 is 0 Å². The Morgan fingerprint density at radius 3 is 2.51 bits per heavy atom. The molecule has 1 saturated heterocycles. The van der Waals surface area contributed by atoms with Gasteiger partial charge in [0.2, 0.25) is 5.76 Å². The quantitative estimate of drug-likeness (QED) is 0.384. The van der Waals surface area contributed by atoms with Crippen LogP contribution in [0.15, 0.2) is 47.3 Å². The lowest BCUT2D eigenvalue weighted by Gasteiger charge is -2.29. The smallest absolute Gasteiger partial charge is 0.373 e. The van der Waals surface area contributed by atoms with Gasteiger partial charge < -0.3 is 24.8 Å². The van der Waals surface area contributed by atoms with Crippen molar-refractivity contribution < 1.29 is 29.6 Å². The second kappa shape index (κ2) is 15.5. The molecular formula is C31H50O6. The number of hydrogen-bond donors (Lipinski definition) is 3. The van der Waals surface area contributed by atoms with E-state index in [9.17, 15) is 20.1 Å². The van der Waals surface area contributed by atoms with Crippen LogP contribution in [0.3, 0.4) is 0 Å². The largest absolute Gasteiger partial charge is 0.502 e. The van der Waals surface area contributed by atoms with Gasteiger partial charge in [0.15, 0.2) is 0 Å². The van der Waals surface area contributed by atoms with Gasteiger partial charge in [-0.25, -0.2) is 4.79 Å². The molecule has 1 fully saturated rings. The molecule has 2 rings (SSSR count). The molecule has 3 N–H and O–H groups in total. The van der Waals surface area contributed by atoms with E-state index in [2.05, 4.69) is 13.8 Å². The van der Waals surface area contributed by atoms with Crippen molar-refractivity contribution in [2.75, 3.05) is 6.61 Å². The van der Waals surface area contributed by atoms with Crippen molar-refractivity contribution in [1.82, 2.24) is 0 Å². The first kappa shape index (κ1) is 31.3. The molecule has 0 aromatic heterocycles. The molecule has 0 aromatic rings. The topological polar surface area (TPSA) is 96.2 Å². The summed E-state index contributed by atoms with van der Waals surface area (Å²) in [5, 5.41) is 31.7. The molecule has 0 aromatic carbocycles. The zero-order chi connectivity index (χ0) is 27.5. The molecule has 0 aliphatic carbocycles. The fraction of sp³-hybridized carbons (Fsp3) is 0.710. The summed E-state index contributed by atoms with van der Waals surface area (Å²) in [5.41, 5.74) is 1.78. The minimum atomic E-state index is -0.744. The van der Waals surface area contributed by atoms with E-state index in [1.165, 1.54) is 12.5 Å². The molecular weight excluding hydrogens is 468 g/mol. The third-order valence-corrected chi connectivity index (χ3v) is 7.81. The van der Waals surface area contributed by atoms with Crippen molar-refractivity contribution in [1.29, 1.82) is 0 Å². The van der Waals surface area contributed by atoms with Gasteiger partial charge in [-0.1, -0.05) is 63.1 Å². The van der Waals surface area contributed by atoms with Crippen LogP contribution < -0.4 is 0 Å². The zero-order valence-corrected chi connectivity index (χ0v) is 23.7. The SMILES string of the molecule is CC1=C\[C@@H](C)C(O)C[C@@H](O)[C@H](C)C/C(C)=C/C=C/CC([C@@H](C)CC[C@@H]2CCC(C)CO2)OC(=O)\C(O)=C\1. The van der Waals surface area contributed by atoms with Crippen LogP contribution in [-0.4, -0.2) is 52.3 Å². The second-order valence-corrected chi connectivity index (χ2v) is 11.7. The van der Waals surface area contributed by atoms with Crippen molar-refractivity contribution in [3.05, 3.63) is 47.3 Å². The summed E-state index contributed by atoms with van der Waals surface area (Å²) in [6.45, 7) is 12.8. The minimum absolute atomic E-state index is 0.0121. The molecule has 0 bridgehead atoms. The van der Waals surface area contributed by atoms with Gasteiger partial charge in [-0.2, -0.15) is 0 Å². The van der Waals surface area contributed by atoms with Crippen LogP contribution in [0.5, 0.6) is 0 Å². The maximum atomic E-state index is 12.8. The normalized spacial score (nSPS) is 39.4. The van der Waals surface area contributed by atoms with Gasteiger partial charge in [0, 0.05) is 25.4 Å². The summed E-state index contributed by atoms with van der Waals surface area (Å²) in [6, 6.07) is 0. The highest BCUT2D eigenvalue weighted by molar-refractivity contribution is 5.86. The Balaban J connectivity index is 2.20. The number of allylic oxidation sites excluding steroid dienone is 5. The number of hydrogen-bond acceptors (Lipinski definition) is 6. The third-order valence-electron chi connectivity index (χ3n) is 7.81. The first-order chi connectivity index (χ1) is 17.5. The molecule has 0 amide bonds. The predicted molar refractivity (Wildman–Crippen MR) is 148 cm³/mol. The fourth-order valence-corrected chi connectivity index (χ4v) is 5.09. The highest BCUT2D eigenvalue weighted by Crippen LogP contribution is 2.26. The Labute approximate surface area is 224 Å². The number of aliphatic hydroxyl groups is 3. The first-order valence-electron chi connectivity index (χ1n) is 14.1. The summed E-state index contributed by atoms with van der Waals surface area (Å²) in [6.07, 6.45) is 13.3. The van der Waals surface area contributed by atoms with Crippen molar-refractivity contribution in [2.24, 2.45) is 23.7 Å². The summed E-state index contributed by atoms with van der Waals surface area (Å²) < 4.78 is 11.8. The Morgan fingerprint density at radius 2 is 1.84 bits per heavy atom. The molecule has 6 nitrogen and oxygen atoms in total. The number of rotatable bonds is 4. The lowest BCUT2D eigenvalue weighted by molar-refractivity contribution is -0.150. The maximum absolute atomic E-state index is 12.8. The highest BCUT2D eigenvalue weighted by Gasteiger charge is 2.26. The molecule has 3 unspecified atom stereocenters. The molecule has 6 heteroatoms. The van der Waals surface area contributed by atoms with Crippen molar-refractivity contribution >= 4 is 5.97 Å². The van der Waals surface area contributed by atoms with E-state index in [1.807, 2.05) is 39.0 Å². The Hall–Kier alpha value is -1.89. The maximum Gasteiger partial charge on any atom is 0.373 e. The average Bonchev–Trinajstić information content (AvgIpc) is 2.84. The third kappa shape index (κ3) is 11.2. The van der Waals surface area contributed by atoms with E-state index in [0.29, 0.717) is 17.9 Å². The van der Waals surface area contributed by atoms with Crippen LogP contribution in [0.2, 0.25) is 0 Å². The standard InChI is InChI=1S/C31H50O6/c1-20-9-7-8-10-30(23(4)12-14-26-13-11-21(2)19-36-26)37-31(35)29(34)17-22(3)16-25(6)28(33)18-27(32)24(5)15-20/h7-9,16-17,21,23-28,30,32-34H,10-15,18-19H2,1-6H3/b8-7+,20-9+,22-16+,29-17-/t21?,23-,24+,25+,26-,27+,28?,30?/m0/s1. The highest BCUT2D eigenvalue weighted by atomic mass is 16.6. The second-order valence-electron chi connectivity index (χ2n) is 11.7. The number of cyclic esters (lactones) is 1. The first-order valence-corrected chi connectivity index (χ1v) is 14.1. The number of carbonyl (C=O) groups excluding carboxylic acids is 1. The molecule has 210 valence electrons. The monoisotopic (exact) mass is 518 g/mol. The van der Waals surface area contributed by atoms with E-state index in [0.717, 1.165) is 37.9 Å². The van der Waals surface area contributed by atoms with Gasteiger partial charge in [-0.05, 0) is 69.8 Å². The minimum Gasteiger partial charge on any atom is -0.502 e. The van der Waals surface area contributed by atoms with E-state index in [1.54, 1.807) is 13.0 Å². The molecule has 2 aliphatic rings. The molecule has 8 atom stereocenters. The summed E-state index contributed by atoms with van der Waals surface area (Å²) in [5.74, 6) is -0.723. The fourth-order valence-electron chi connectivity index (χ4n) is 5.09. The van der Waals surface area contributed by atoms with E-state index in [-0.39, 0.29) is 36.4 Å². The summed E-state index contributed by atoms with van der Waals surface area (Å²) in [4.78, 5) is 12.8. The van der Waals surface area contributed by atoms with Gasteiger partial charge in [0.05, 0.1) is 18.3 Å². The van der Waals surface area contributed by atoms with E-state index < -0.39 is 23.9 Å². The van der Waals surface area contributed by atoms with Gasteiger partial charge in [0.25, 0.3) is 0 Å². The van der Waals surface area contributed by atoms with Crippen LogP contribution in [-0.2, 0) is 14.3 Å². The van der Waals surface area contributed by atoms with E-state index in [4.69, 9.17) is 9.47 Å². The Morgan fingerprint density at radius 1 is 1.11 bits per heavy atom. The van der Waals surface area contributed by atoms with Crippen LogP contribution in [0.25, 0.3) is 0 Å². The van der Waals surface area contributed by atoms with E-state index >= 15 is 0 Å². The van der Waals surface area contributed by atoms with Crippen molar-refractivity contribution in [3.8, 4) is 0 Å². The molecule has 0 saturated carbocycles. The number of ether oxygens (including phenoxy) is 2. The van der Waals surface area contributed by atoms with Crippen LogP contribution in [0.1, 0.15) is 86.5 Å².